The van der Waals surface area contributed by atoms with Gasteiger partial charge in [0, 0.05) is 24.7 Å². The summed E-state index contributed by atoms with van der Waals surface area (Å²) in [5.41, 5.74) is 13.7. The summed E-state index contributed by atoms with van der Waals surface area (Å²) in [5.74, 6) is -2.48. The molecule has 0 aliphatic rings. The molecule has 0 aliphatic heterocycles. The number of carbonyl (C=O) groups is 3. The first-order valence-corrected chi connectivity index (χ1v) is 12.6. The van der Waals surface area contributed by atoms with E-state index in [0.29, 0.717) is 23.4 Å². The van der Waals surface area contributed by atoms with Gasteiger partial charge < -0.3 is 31.2 Å². The van der Waals surface area contributed by atoms with E-state index in [1.807, 2.05) is 11.9 Å². The SMILES string of the molecule is CC(C)OC(=O)[C@H](C[C@H](F)C(=O)OC(C)C)NC(=O)c1ccc(N(C)Cc2cnc3nc(N)nc(N)c3n2)cc1. The Morgan fingerprint density at radius 3 is 2.23 bits per heavy atom. The average Bonchev–Trinajstić information content (AvgIpc) is 2.87. The van der Waals surface area contributed by atoms with Crippen LogP contribution in [0.15, 0.2) is 30.5 Å². The van der Waals surface area contributed by atoms with Crippen LogP contribution in [0.25, 0.3) is 11.2 Å². The summed E-state index contributed by atoms with van der Waals surface area (Å²) in [4.78, 5) is 55.9. The summed E-state index contributed by atoms with van der Waals surface area (Å²) in [7, 11) is 1.82. The Balaban J connectivity index is 1.69. The molecule has 0 bridgehead atoms. The zero-order chi connectivity index (χ0) is 29.6. The van der Waals surface area contributed by atoms with Crippen LogP contribution in [0.2, 0.25) is 0 Å². The molecule has 5 N–H and O–H groups in total. The fourth-order valence-electron chi connectivity index (χ4n) is 3.64. The van der Waals surface area contributed by atoms with Gasteiger partial charge in [-0.25, -0.2) is 23.9 Å². The molecule has 0 fully saturated rings. The number of hydrogen-bond donors (Lipinski definition) is 3. The highest BCUT2D eigenvalue weighted by Gasteiger charge is 2.31. The van der Waals surface area contributed by atoms with Crippen LogP contribution in [0.4, 0.5) is 21.8 Å². The Morgan fingerprint density at radius 2 is 1.60 bits per heavy atom. The first-order chi connectivity index (χ1) is 18.8. The van der Waals surface area contributed by atoms with Crippen LogP contribution in [-0.2, 0) is 25.6 Å². The second-order valence-electron chi connectivity index (χ2n) is 9.60. The van der Waals surface area contributed by atoms with Crippen molar-refractivity contribution in [2.75, 3.05) is 23.4 Å². The van der Waals surface area contributed by atoms with Crippen LogP contribution in [-0.4, -0.2) is 69.3 Å². The zero-order valence-corrected chi connectivity index (χ0v) is 22.9. The van der Waals surface area contributed by atoms with Crippen molar-refractivity contribution in [3.63, 3.8) is 0 Å². The molecule has 1 amide bonds. The van der Waals surface area contributed by atoms with Crippen LogP contribution in [0.5, 0.6) is 0 Å². The van der Waals surface area contributed by atoms with Gasteiger partial charge in [0.15, 0.2) is 23.2 Å². The second-order valence-corrected chi connectivity index (χ2v) is 9.60. The number of fused-ring (bicyclic) bond motifs is 1. The molecule has 2 heterocycles. The van der Waals surface area contributed by atoms with Crippen molar-refractivity contribution in [3.8, 4) is 0 Å². The fraction of sp³-hybridized carbons (Fsp3) is 0.423. The molecule has 40 heavy (non-hydrogen) atoms. The van der Waals surface area contributed by atoms with E-state index in [4.69, 9.17) is 20.9 Å². The molecule has 214 valence electrons. The summed E-state index contributed by atoms with van der Waals surface area (Å²) >= 11 is 0. The number of alkyl halides is 1. The Bertz CT molecular complexity index is 1370. The lowest BCUT2D eigenvalue weighted by Gasteiger charge is -2.21. The second kappa shape index (κ2) is 13.0. The van der Waals surface area contributed by atoms with Crippen LogP contribution in [0.1, 0.15) is 50.2 Å². The predicted octanol–water partition coefficient (Wildman–Crippen LogP) is 1.95. The topological polar surface area (TPSA) is 189 Å². The minimum atomic E-state index is -2.12. The zero-order valence-electron chi connectivity index (χ0n) is 22.9. The number of anilines is 3. The van der Waals surface area contributed by atoms with Gasteiger partial charge in [-0.05, 0) is 52.0 Å². The molecule has 14 heteroatoms. The Labute approximate surface area is 230 Å². The van der Waals surface area contributed by atoms with Crippen molar-refractivity contribution in [1.82, 2.24) is 25.3 Å². The van der Waals surface area contributed by atoms with Crippen LogP contribution in [0.3, 0.4) is 0 Å². The third kappa shape index (κ3) is 7.94. The summed E-state index contributed by atoms with van der Waals surface area (Å²) in [6, 6.07) is 5.09. The molecule has 3 rings (SSSR count). The van der Waals surface area contributed by atoms with Gasteiger partial charge in [0.05, 0.1) is 30.6 Å². The fourth-order valence-corrected chi connectivity index (χ4v) is 3.64. The van der Waals surface area contributed by atoms with Crippen molar-refractivity contribution in [1.29, 1.82) is 0 Å². The molecule has 0 saturated heterocycles. The maximum Gasteiger partial charge on any atom is 0.341 e. The minimum Gasteiger partial charge on any atom is -0.461 e. The third-order valence-corrected chi connectivity index (χ3v) is 5.46. The van der Waals surface area contributed by atoms with E-state index < -0.39 is 48.7 Å². The smallest absolute Gasteiger partial charge is 0.341 e. The number of carbonyl (C=O) groups excluding carboxylic acids is 3. The van der Waals surface area contributed by atoms with Gasteiger partial charge in [-0.3, -0.25) is 4.79 Å². The van der Waals surface area contributed by atoms with Gasteiger partial charge >= 0.3 is 11.9 Å². The molecule has 0 unspecified atom stereocenters. The molecule has 13 nitrogen and oxygen atoms in total. The van der Waals surface area contributed by atoms with Crippen LogP contribution in [0, 0.1) is 0 Å². The van der Waals surface area contributed by atoms with Crippen molar-refractivity contribution in [3.05, 3.63) is 41.7 Å². The van der Waals surface area contributed by atoms with E-state index in [9.17, 15) is 18.8 Å². The number of nitrogen functional groups attached to an aromatic ring is 2. The van der Waals surface area contributed by atoms with Gasteiger partial charge in [0.2, 0.25) is 5.95 Å². The molecule has 0 aliphatic carbocycles. The number of hydrogen-bond acceptors (Lipinski definition) is 12. The number of halogens is 1. The Morgan fingerprint density at radius 1 is 0.975 bits per heavy atom. The molecular weight excluding hydrogens is 523 g/mol. The number of aromatic nitrogens is 4. The normalized spacial score (nSPS) is 12.7. The van der Waals surface area contributed by atoms with E-state index in [1.54, 1.807) is 58.2 Å². The quantitative estimate of drug-likeness (QED) is 0.292. The van der Waals surface area contributed by atoms with Gasteiger partial charge in [-0.15, -0.1) is 0 Å². The number of nitrogens with two attached hydrogens (primary N) is 2. The van der Waals surface area contributed by atoms with Gasteiger partial charge in [0.25, 0.3) is 5.91 Å². The number of esters is 2. The molecular formula is C26H33FN8O5. The first-order valence-electron chi connectivity index (χ1n) is 12.6. The average molecular weight is 557 g/mol. The van der Waals surface area contributed by atoms with Gasteiger partial charge in [0.1, 0.15) is 6.04 Å². The molecule has 1 aromatic carbocycles. The number of rotatable bonds is 11. The lowest BCUT2D eigenvalue weighted by Crippen LogP contribution is -2.45. The molecule has 0 radical (unpaired) electrons. The van der Waals surface area contributed by atoms with Crippen molar-refractivity contribution in [2.45, 2.75) is 65.1 Å². The third-order valence-electron chi connectivity index (χ3n) is 5.46. The van der Waals surface area contributed by atoms with E-state index in [0.717, 1.165) is 5.69 Å². The highest BCUT2D eigenvalue weighted by Crippen LogP contribution is 2.19. The molecule has 0 spiro atoms. The van der Waals surface area contributed by atoms with Crippen LogP contribution < -0.4 is 21.7 Å². The maximum atomic E-state index is 14.5. The summed E-state index contributed by atoms with van der Waals surface area (Å²) in [6.07, 6.45) is -2.23. The lowest BCUT2D eigenvalue weighted by atomic mass is 10.1. The minimum absolute atomic E-state index is 0.00886. The van der Waals surface area contributed by atoms with E-state index in [2.05, 4.69) is 25.3 Å². The molecule has 3 aromatic rings. The van der Waals surface area contributed by atoms with Crippen molar-refractivity contribution >= 4 is 46.5 Å². The van der Waals surface area contributed by atoms with Gasteiger partial charge in [-0.2, -0.15) is 9.97 Å². The summed E-state index contributed by atoms with van der Waals surface area (Å²) < 4.78 is 24.5. The number of ether oxygens (including phenoxy) is 2. The molecule has 0 saturated carbocycles. The molecule has 2 aromatic heterocycles. The van der Waals surface area contributed by atoms with E-state index >= 15 is 0 Å². The highest BCUT2D eigenvalue weighted by molar-refractivity contribution is 5.97. The first kappa shape index (κ1) is 29.9. The monoisotopic (exact) mass is 556 g/mol. The largest absolute Gasteiger partial charge is 0.461 e. The van der Waals surface area contributed by atoms with Gasteiger partial charge in [-0.1, -0.05) is 0 Å². The van der Waals surface area contributed by atoms with Crippen molar-refractivity contribution < 1.29 is 28.2 Å². The Hall–Kier alpha value is -4.62. The summed E-state index contributed by atoms with van der Waals surface area (Å²) in [6.45, 7) is 6.75. The maximum absolute atomic E-state index is 14.5. The molecule has 2 atom stereocenters. The number of amides is 1. The van der Waals surface area contributed by atoms with E-state index in [1.165, 1.54) is 0 Å². The number of nitrogens with zero attached hydrogens (tertiary/aromatic N) is 5. The highest BCUT2D eigenvalue weighted by atomic mass is 19.1. The standard InChI is InChI=1S/C26H33FN8O5/c1-13(2)39-24(37)18(27)10-19(25(38)40-14(3)4)32-23(36)15-6-8-17(9-7-15)35(5)12-16-11-30-22-20(31-16)21(28)33-26(29)34-22/h6-9,11,13-14,18-19H,10,12H2,1-5H3,(H,32,36)(H4,28,29,30,33,34)/t18-,19-/m0/s1. The number of nitrogens with one attached hydrogen (secondary N) is 1. The predicted molar refractivity (Wildman–Crippen MR) is 146 cm³/mol. The summed E-state index contributed by atoms with van der Waals surface area (Å²) in [5, 5.41) is 2.47. The van der Waals surface area contributed by atoms with E-state index in [-0.39, 0.29) is 17.3 Å². The van der Waals surface area contributed by atoms with Crippen molar-refractivity contribution in [2.24, 2.45) is 0 Å². The van der Waals surface area contributed by atoms with Crippen LogP contribution >= 0.6 is 0 Å². The Kier molecular flexibility index (Phi) is 9.69. The number of benzene rings is 1. The lowest BCUT2D eigenvalue weighted by molar-refractivity contribution is -0.155.